The van der Waals surface area contributed by atoms with Gasteiger partial charge in [0, 0.05) is 34.7 Å². The molecule has 4 nitrogen and oxygen atoms in total. The van der Waals surface area contributed by atoms with Crippen molar-refractivity contribution in [2.75, 3.05) is 5.32 Å². The minimum atomic E-state index is -0.209. The van der Waals surface area contributed by atoms with E-state index in [0.29, 0.717) is 29.7 Å². The molecule has 3 aromatic rings. The van der Waals surface area contributed by atoms with Gasteiger partial charge in [-0.25, -0.2) is 4.98 Å². The van der Waals surface area contributed by atoms with Crippen LogP contribution in [0.3, 0.4) is 0 Å². The number of hydrogen-bond donors (Lipinski definition) is 1. The minimum absolute atomic E-state index is 0.0757. The fourth-order valence-electron chi connectivity index (χ4n) is 3.03. The Hall–Kier alpha value is -2.79. The highest BCUT2D eigenvalue weighted by molar-refractivity contribution is 7.13. The summed E-state index contributed by atoms with van der Waals surface area (Å²) in [5.41, 5.74) is 3.76. The largest absolute Gasteiger partial charge is 0.321 e. The Kier molecular flexibility index (Phi) is 3.70. The summed E-state index contributed by atoms with van der Waals surface area (Å²) in [5.74, 6) is -0.133. The molecule has 0 spiro atoms. The molecule has 1 aliphatic carbocycles. The van der Waals surface area contributed by atoms with Gasteiger partial charge in [0.05, 0.1) is 5.69 Å². The lowest BCUT2D eigenvalue weighted by molar-refractivity contribution is 0.0995. The SMILES string of the molecule is O=C(Nc1ccc(-c2nccs2)c2c1C(=O)CC2)c1ccccc1. The van der Waals surface area contributed by atoms with Gasteiger partial charge in [-0.15, -0.1) is 11.3 Å². The number of carbonyl (C=O) groups is 2. The van der Waals surface area contributed by atoms with Crippen molar-refractivity contribution in [3.63, 3.8) is 0 Å². The molecule has 1 N–H and O–H groups in total. The zero-order valence-corrected chi connectivity index (χ0v) is 13.6. The first-order valence-electron chi connectivity index (χ1n) is 7.69. The number of hydrogen-bond acceptors (Lipinski definition) is 4. The second-order valence-electron chi connectivity index (χ2n) is 5.59. The summed E-state index contributed by atoms with van der Waals surface area (Å²) >= 11 is 1.55. The number of nitrogens with zero attached hydrogens (tertiary/aromatic N) is 1. The van der Waals surface area contributed by atoms with Crippen molar-refractivity contribution in [2.45, 2.75) is 12.8 Å². The van der Waals surface area contributed by atoms with Crippen LogP contribution < -0.4 is 5.32 Å². The molecular formula is C19H14N2O2S. The molecule has 0 aliphatic heterocycles. The van der Waals surface area contributed by atoms with E-state index in [1.807, 2.05) is 29.6 Å². The van der Waals surface area contributed by atoms with Gasteiger partial charge in [0.2, 0.25) is 0 Å². The van der Waals surface area contributed by atoms with Crippen molar-refractivity contribution in [2.24, 2.45) is 0 Å². The van der Waals surface area contributed by atoms with Crippen LogP contribution >= 0.6 is 11.3 Å². The summed E-state index contributed by atoms with van der Waals surface area (Å²) in [6, 6.07) is 12.7. The number of aromatic nitrogens is 1. The highest BCUT2D eigenvalue weighted by atomic mass is 32.1. The molecule has 0 radical (unpaired) electrons. The van der Waals surface area contributed by atoms with Crippen LogP contribution in [0.15, 0.2) is 54.0 Å². The predicted molar refractivity (Wildman–Crippen MR) is 94.6 cm³/mol. The van der Waals surface area contributed by atoms with E-state index < -0.39 is 0 Å². The molecule has 0 fully saturated rings. The Labute approximate surface area is 143 Å². The summed E-state index contributed by atoms with van der Waals surface area (Å²) in [4.78, 5) is 29.1. The van der Waals surface area contributed by atoms with Crippen LogP contribution in [0.4, 0.5) is 5.69 Å². The van der Waals surface area contributed by atoms with E-state index >= 15 is 0 Å². The van der Waals surface area contributed by atoms with Crippen LogP contribution in [-0.2, 0) is 6.42 Å². The molecule has 0 atom stereocenters. The van der Waals surface area contributed by atoms with Crippen LogP contribution in [-0.4, -0.2) is 16.7 Å². The lowest BCUT2D eigenvalue weighted by Crippen LogP contribution is -2.14. The third kappa shape index (κ3) is 2.53. The molecule has 5 heteroatoms. The Morgan fingerprint density at radius 3 is 2.67 bits per heavy atom. The van der Waals surface area contributed by atoms with Crippen molar-refractivity contribution in [3.8, 4) is 10.6 Å². The number of fused-ring (bicyclic) bond motifs is 1. The third-order valence-corrected chi connectivity index (χ3v) is 4.95. The number of rotatable bonds is 3. The predicted octanol–water partition coefficient (Wildman–Crippen LogP) is 4.19. The number of benzene rings is 2. The molecule has 4 rings (SSSR count). The highest BCUT2D eigenvalue weighted by Crippen LogP contribution is 2.37. The van der Waals surface area contributed by atoms with Crippen LogP contribution in [0.1, 0.15) is 32.7 Å². The zero-order valence-electron chi connectivity index (χ0n) is 12.8. The maximum absolute atomic E-state index is 12.4. The number of anilines is 1. The number of thiazole rings is 1. The van der Waals surface area contributed by atoms with Crippen LogP contribution in [0.5, 0.6) is 0 Å². The number of Topliss-reactive ketones (excluding diaryl/α,β-unsaturated/α-hetero) is 1. The quantitative estimate of drug-likeness (QED) is 0.781. The Balaban J connectivity index is 1.74. The number of nitrogens with one attached hydrogen (secondary N) is 1. The fourth-order valence-corrected chi connectivity index (χ4v) is 3.73. The van der Waals surface area contributed by atoms with Gasteiger partial charge in [0.1, 0.15) is 5.01 Å². The average Bonchev–Trinajstić information content (AvgIpc) is 3.27. The monoisotopic (exact) mass is 334 g/mol. The zero-order chi connectivity index (χ0) is 16.5. The lowest BCUT2D eigenvalue weighted by Gasteiger charge is -2.12. The van der Waals surface area contributed by atoms with E-state index in [1.165, 1.54) is 0 Å². The number of amides is 1. The smallest absolute Gasteiger partial charge is 0.255 e. The maximum Gasteiger partial charge on any atom is 0.255 e. The fraction of sp³-hybridized carbons (Fsp3) is 0.105. The van der Waals surface area contributed by atoms with Crippen molar-refractivity contribution in [1.29, 1.82) is 0 Å². The maximum atomic E-state index is 12.4. The molecule has 0 unspecified atom stereocenters. The molecule has 1 aromatic heterocycles. The second-order valence-corrected chi connectivity index (χ2v) is 6.49. The Morgan fingerprint density at radius 1 is 1.08 bits per heavy atom. The van der Waals surface area contributed by atoms with Crippen molar-refractivity contribution in [1.82, 2.24) is 4.98 Å². The van der Waals surface area contributed by atoms with Gasteiger partial charge in [-0.2, -0.15) is 0 Å². The first-order chi connectivity index (χ1) is 11.7. The molecule has 2 aromatic carbocycles. The molecular weight excluding hydrogens is 320 g/mol. The normalized spacial score (nSPS) is 12.9. The summed E-state index contributed by atoms with van der Waals surface area (Å²) in [5, 5.41) is 5.71. The van der Waals surface area contributed by atoms with E-state index in [0.717, 1.165) is 16.1 Å². The number of ketones is 1. The first-order valence-corrected chi connectivity index (χ1v) is 8.57. The van der Waals surface area contributed by atoms with Crippen molar-refractivity contribution < 1.29 is 9.59 Å². The van der Waals surface area contributed by atoms with Gasteiger partial charge >= 0.3 is 0 Å². The Morgan fingerprint density at radius 2 is 1.92 bits per heavy atom. The minimum Gasteiger partial charge on any atom is -0.321 e. The topological polar surface area (TPSA) is 59.1 Å². The second kappa shape index (κ2) is 6.02. The van der Waals surface area contributed by atoms with Gasteiger partial charge in [-0.05, 0) is 36.2 Å². The standard InChI is InChI=1S/C19H14N2O2S/c22-16-9-7-13-14(19-20-10-11-24-19)6-8-15(17(13)16)21-18(23)12-4-2-1-3-5-12/h1-6,8,10-11H,7,9H2,(H,21,23). The van der Waals surface area contributed by atoms with E-state index in [9.17, 15) is 9.59 Å². The third-order valence-electron chi connectivity index (χ3n) is 4.14. The molecule has 1 amide bonds. The molecule has 1 heterocycles. The van der Waals surface area contributed by atoms with Gasteiger partial charge in [0.15, 0.2) is 5.78 Å². The summed E-state index contributed by atoms with van der Waals surface area (Å²) in [6.45, 7) is 0. The van der Waals surface area contributed by atoms with E-state index in [1.54, 1.807) is 35.7 Å². The van der Waals surface area contributed by atoms with Crippen LogP contribution in [0.25, 0.3) is 10.6 Å². The van der Waals surface area contributed by atoms with Gasteiger partial charge < -0.3 is 5.32 Å². The molecule has 0 saturated heterocycles. The van der Waals surface area contributed by atoms with E-state index in [4.69, 9.17) is 0 Å². The first kappa shape index (κ1) is 14.8. The van der Waals surface area contributed by atoms with Gasteiger partial charge in [-0.1, -0.05) is 18.2 Å². The van der Waals surface area contributed by atoms with E-state index in [-0.39, 0.29) is 11.7 Å². The van der Waals surface area contributed by atoms with Gasteiger partial charge in [0.25, 0.3) is 5.91 Å². The summed E-state index contributed by atoms with van der Waals surface area (Å²) in [6.07, 6.45) is 2.93. The molecule has 0 saturated carbocycles. The molecule has 118 valence electrons. The summed E-state index contributed by atoms with van der Waals surface area (Å²) < 4.78 is 0. The summed E-state index contributed by atoms with van der Waals surface area (Å²) in [7, 11) is 0. The molecule has 1 aliphatic rings. The van der Waals surface area contributed by atoms with E-state index in [2.05, 4.69) is 10.3 Å². The van der Waals surface area contributed by atoms with Crippen molar-refractivity contribution in [3.05, 3.63) is 70.7 Å². The average molecular weight is 334 g/mol. The number of carbonyl (C=O) groups excluding carboxylic acids is 2. The van der Waals surface area contributed by atoms with Gasteiger partial charge in [-0.3, -0.25) is 9.59 Å². The Bertz CT molecular complexity index is 918. The highest BCUT2D eigenvalue weighted by Gasteiger charge is 2.27. The van der Waals surface area contributed by atoms with Crippen LogP contribution in [0, 0.1) is 0 Å². The molecule has 24 heavy (non-hydrogen) atoms. The van der Waals surface area contributed by atoms with Crippen molar-refractivity contribution >= 4 is 28.7 Å². The molecule has 0 bridgehead atoms. The lowest BCUT2D eigenvalue weighted by atomic mass is 10.0. The van der Waals surface area contributed by atoms with Crippen LogP contribution in [0.2, 0.25) is 0 Å².